The van der Waals surface area contributed by atoms with Crippen molar-refractivity contribution in [3.63, 3.8) is 0 Å². The van der Waals surface area contributed by atoms with Gasteiger partial charge in [-0.05, 0) is 31.9 Å². The zero-order valence-corrected chi connectivity index (χ0v) is 14.2. The van der Waals surface area contributed by atoms with E-state index in [1.807, 2.05) is 6.92 Å². The number of methoxy groups -OCH3 is 2. The van der Waals surface area contributed by atoms with Crippen molar-refractivity contribution in [1.29, 1.82) is 0 Å². The lowest BCUT2D eigenvalue weighted by Crippen LogP contribution is -2.30. The molecule has 0 aliphatic heterocycles. The summed E-state index contributed by atoms with van der Waals surface area (Å²) in [5, 5.41) is 6.14. The molecule has 0 atom stereocenters. The number of hydrogen-bond donors (Lipinski definition) is 2. The number of hydrogen-bond acceptors (Lipinski definition) is 3. The van der Waals surface area contributed by atoms with Crippen LogP contribution in [-0.2, 0) is 0 Å². The van der Waals surface area contributed by atoms with Crippen LogP contribution in [0.25, 0.3) is 0 Å². The van der Waals surface area contributed by atoms with E-state index in [2.05, 4.69) is 15.6 Å². The molecule has 2 N–H and O–H groups in total. The van der Waals surface area contributed by atoms with Crippen molar-refractivity contribution in [3.8, 4) is 11.5 Å². The Balaban J connectivity index is 2.63. The molecule has 1 aromatic carbocycles. The average molecular weight is 347 g/mol. The predicted octanol–water partition coefficient (Wildman–Crippen LogP) is 3.81. The minimum atomic E-state index is -4.11. The highest BCUT2D eigenvalue weighted by molar-refractivity contribution is 5.93. The van der Waals surface area contributed by atoms with Crippen LogP contribution in [0.3, 0.4) is 0 Å². The normalized spacial score (nSPS) is 12.0. The fourth-order valence-electron chi connectivity index (χ4n) is 1.99. The number of ether oxygens (including phenoxy) is 2. The van der Waals surface area contributed by atoms with Crippen LogP contribution in [0.2, 0.25) is 0 Å². The van der Waals surface area contributed by atoms with Crippen LogP contribution in [0, 0.1) is 0 Å². The Morgan fingerprint density at radius 2 is 1.83 bits per heavy atom. The van der Waals surface area contributed by atoms with E-state index in [1.165, 1.54) is 0 Å². The number of alkyl halides is 3. The van der Waals surface area contributed by atoms with E-state index < -0.39 is 12.6 Å². The summed E-state index contributed by atoms with van der Waals surface area (Å²) in [6, 6.07) is 5.32. The van der Waals surface area contributed by atoms with Gasteiger partial charge in [0, 0.05) is 31.3 Å². The first kappa shape index (κ1) is 19.9. The Morgan fingerprint density at radius 3 is 2.42 bits per heavy atom. The molecule has 0 fully saturated rings. The van der Waals surface area contributed by atoms with Crippen LogP contribution >= 0.6 is 0 Å². The molecule has 0 spiro atoms. The van der Waals surface area contributed by atoms with Crippen molar-refractivity contribution < 1.29 is 22.6 Å². The Labute approximate surface area is 140 Å². The molecule has 0 heterocycles. The summed E-state index contributed by atoms with van der Waals surface area (Å²) in [7, 11) is 3.10. The summed E-state index contributed by atoms with van der Waals surface area (Å²) >= 11 is 0. The maximum atomic E-state index is 12.1. The molecule has 0 aliphatic rings. The van der Waals surface area contributed by atoms with Crippen molar-refractivity contribution in [3.05, 3.63) is 18.2 Å². The molecule has 0 radical (unpaired) electrons. The number of nitrogens with zero attached hydrogens (tertiary/aromatic N) is 1. The lowest BCUT2D eigenvalue weighted by atomic mass is 10.2. The predicted molar refractivity (Wildman–Crippen MR) is 89.1 cm³/mol. The first-order valence-corrected chi connectivity index (χ1v) is 7.73. The van der Waals surface area contributed by atoms with Crippen molar-refractivity contribution >= 4 is 11.6 Å². The van der Waals surface area contributed by atoms with E-state index in [0.717, 1.165) is 5.69 Å². The third kappa shape index (κ3) is 7.43. The summed E-state index contributed by atoms with van der Waals surface area (Å²) in [5.41, 5.74) is 0.739. The number of nitrogens with one attached hydrogen (secondary N) is 2. The van der Waals surface area contributed by atoms with Gasteiger partial charge in [-0.15, -0.1) is 0 Å². The maximum absolute atomic E-state index is 12.1. The van der Waals surface area contributed by atoms with E-state index in [9.17, 15) is 13.2 Å². The second kappa shape index (κ2) is 9.89. The number of anilines is 1. The lowest BCUT2D eigenvalue weighted by molar-refractivity contribution is -0.135. The molecule has 136 valence electrons. The molecular weight excluding hydrogens is 323 g/mol. The van der Waals surface area contributed by atoms with Gasteiger partial charge in [-0.25, -0.2) is 0 Å². The maximum Gasteiger partial charge on any atom is 0.389 e. The average Bonchev–Trinajstić information content (AvgIpc) is 2.53. The Kier molecular flexibility index (Phi) is 8.21. The molecule has 8 heteroatoms. The molecule has 0 unspecified atom stereocenters. The molecule has 5 nitrogen and oxygen atoms in total. The van der Waals surface area contributed by atoms with Crippen LogP contribution < -0.4 is 20.1 Å². The van der Waals surface area contributed by atoms with Gasteiger partial charge in [0.2, 0.25) is 0 Å². The van der Waals surface area contributed by atoms with Gasteiger partial charge in [-0.2, -0.15) is 13.2 Å². The van der Waals surface area contributed by atoms with Crippen molar-refractivity contribution in [1.82, 2.24) is 5.32 Å². The second-order valence-corrected chi connectivity index (χ2v) is 5.03. The van der Waals surface area contributed by atoms with Crippen LogP contribution in [0.5, 0.6) is 11.5 Å². The highest BCUT2D eigenvalue weighted by Crippen LogP contribution is 2.29. The third-order valence-electron chi connectivity index (χ3n) is 3.13. The van der Waals surface area contributed by atoms with Crippen LogP contribution in [0.15, 0.2) is 23.2 Å². The number of unbranched alkanes of at least 4 members (excludes halogenated alkanes) is 1. The first-order chi connectivity index (χ1) is 11.4. The van der Waals surface area contributed by atoms with Crippen molar-refractivity contribution in [2.75, 3.05) is 32.6 Å². The minimum Gasteiger partial charge on any atom is -0.493 e. The van der Waals surface area contributed by atoms with E-state index in [-0.39, 0.29) is 6.42 Å². The summed E-state index contributed by atoms with van der Waals surface area (Å²) in [5.74, 6) is 1.69. The highest BCUT2D eigenvalue weighted by Gasteiger charge is 2.25. The number of aliphatic imine (C=N–C) groups is 1. The smallest absolute Gasteiger partial charge is 0.389 e. The van der Waals surface area contributed by atoms with Gasteiger partial charge in [-0.3, -0.25) is 4.99 Å². The summed E-state index contributed by atoms with van der Waals surface area (Å²) in [6.07, 6.45) is -4.43. The van der Waals surface area contributed by atoms with Gasteiger partial charge in [0.05, 0.1) is 14.2 Å². The molecule has 24 heavy (non-hydrogen) atoms. The fourth-order valence-corrected chi connectivity index (χ4v) is 1.99. The topological polar surface area (TPSA) is 54.9 Å². The first-order valence-electron chi connectivity index (χ1n) is 7.73. The molecule has 0 aliphatic carbocycles. The van der Waals surface area contributed by atoms with Gasteiger partial charge in [0.15, 0.2) is 17.5 Å². The third-order valence-corrected chi connectivity index (χ3v) is 3.13. The van der Waals surface area contributed by atoms with E-state index in [1.54, 1.807) is 32.4 Å². The van der Waals surface area contributed by atoms with Gasteiger partial charge in [-0.1, -0.05) is 0 Å². The lowest BCUT2D eigenvalue weighted by Gasteiger charge is -2.14. The number of halogens is 3. The van der Waals surface area contributed by atoms with E-state index in [0.29, 0.717) is 37.0 Å². The molecule has 0 saturated heterocycles. The molecule has 1 aromatic rings. The van der Waals surface area contributed by atoms with E-state index in [4.69, 9.17) is 9.47 Å². The Hall–Kier alpha value is -2.12. The van der Waals surface area contributed by atoms with Crippen LogP contribution in [0.4, 0.5) is 18.9 Å². The van der Waals surface area contributed by atoms with Crippen LogP contribution in [-0.4, -0.2) is 39.4 Å². The molecular formula is C16H24F3N3O2. The zero-order valence-electron chi connectivity index (χ0n) is 14.2. The fraction of sp³-hybridized carbons (Fsp3) is 0.562. The Morgan fingerprint density at radius 1 is 1.12 bits per heavy atom. The molecule has 1 rings (SSSR count). The molecule has 0 amide bonds. The minimum absolute atomic E-state index is 0.0722. The summed E-state index contributed by atoms with van der Waals surface area (Å²) < 4.78 is 46.7. The largest absolute Gasteiger partial charge is 0.493 e. The number of benzene rings is 1. The zero-order chi connectivity index (χ0) is 18.0. The highest BCUT2D eigenvalue weighted by atomic mass is 19.4. The van der Waals surface area contributed by atoms with Gasteiger partial charge in [0.25, 0.3) is 0 Å². The summed E-state index contributed by atoms with van der Waals surface area (Å²) in [4.78, 5) is 4.28. The van der Waals surface area contributed by atoms with Crippen LogP contribution in [0.1, 0.15) is 26.2 Å². The summed E-state index contributed by atoms with van der Waals surface area (Å²) in [6.45, 7) is 2.87. The van der Waals surface area contributed by atoms with Crippen molar-refractivity contribution in [2.24, 2.45) is 4.99 Å². The standard InChI is InChI=1S/C16H24F3N3O2/c1-4-20-15(21-10-6-5-9-16(17,18)19)22-12-7-8-13(23-2)14(11-12)24-3/h7-8,11H,4-6,9-10H2,1-3H3,(H2,20,21,22). The second-order valence-electron chi connectivity index (χ2n) is 5.03. The SMILES string of the molecule is CCNC(=NCCCCC(F)(F)F)Nc1ccc(OC)c(OC)c1. The monoisotopic (exact) mass is 347 g/mol. The van der Waals surface area contributed by atoms with Gasteiger partial charge in [0.1, 0.15) is 0 Å². The molecule has 0 saturated carbocycles. The quantitative estimate of drug-likeness (QED) is 0.426. The van der Waals surface area contributed by atoms with E-state index >= 15 is 0 Å². The van der Waals surface area contributed by atoms with Crippen molar-refractivity contribution in [2.45, 2.75) is 32.4 Å². The molecule has 0 aromatic heterocycles. The number of rotatable bonds is 8. The number of guanidine groups is 1. The molecule has 0 bridgehead atoms. The van der Waals surface area contributed by atoms with Gasteiger partial charge < -0.3 is 20.1 Å². The van der Waals surface area contributed by atoms with Gasteiger partial charge >= 0.3 is 6.18 Å². The Bertz CT molecular complexity index is 534.